The average Bonchev–Trinajstić information content (AvgIpc) is 3.29. The zero-order valence-corrected chi connectivity index (χ0v) is 25.0. The topological polar surface area (TPSA) is 141 Å². The summed E-state index contributed by atoms with van der Waals surface area (Å²) in [4.78, 5) is 45.9. The molecule has 3 fully saturated rings. The second kappa shape index (κ2) is 20.3. The predicted octanol–water partition coefficient (Wildman–Crippen LogP) is 3.94. The lowest BCUT2D eigenvalue weighted by molar-refractivity contribution is -0.125. The van der Waals surface area contributed by atoms with Crippen molar-refractivity contribution < 1.29 is 23.9 Å². The molecular formula is C28H53N5O5. The number of alkyl carbamates (subject to hydrolysis) is 1. The number of unbranched alkanes of at least 4 members (excludes halogenated alkanes) is 1. The predicted molar refractivity (Wildman–Crippen MR) is 150 cm³/mol. The van der Waals surface area contributed by atoms with Crippen LogP contribution in [0.15, 0.2) is 0 Å². The molecule has 0 aromatic rings. The van der Waals surface area contributed by atoms with Crippen molar-refractivity contribution in [1.29, 1.82) is 5.26 Å². The molecule has 3 rings (SSSR count). The van der Waals surface area contributed by atoms with Crippen molar-refractivity contribution in [3.8, 4) is 6.57 Å². The molecule has 0 aromatic heterocycles. The lowest BCUT2D eigenvalue weighted by Crippen LogP contribution is -2.41. The minimum absolute atomic E-state index is 0.141. The molecule has 3 aliphatic rings. The normalized spacial score (nSPS) is 19.2. The number of nitriles is 1. The van der Waals surface area contributed by atoms with E-state index >= 15 is 0 Å². The molecule has 2 saturated heterocycles. The van der Waals surface area contributed by atoms with E-state index in [9.17, 15) is 19.2 Å². The van der Waals surface area contributed by atoms with E-state index in [1.165, 1.54) is 12.8 Å². The van der Waals surface area contributed by atoms with Crippen LogP contribution in [0.1, 0.15) is 99.8 Å². The van der Waals surface area contributed by atoms with Crippen LogP contribution in [0.4, 0.5) is 4.79 Å². The summed E-state index contributed by atoms with van der Waals surface area (Å²) < 4.78 is 5.04. The third kappa shape index (κ3) is 17.0. The molecule has 1 aliphatic carbocycles. The van der Waals surface area contributed by atoms with Crippen molar-refractivity contribution in [2.45, 2.75) is 118 Å². The van der Waals surface area contributed by atoms with E-state index in [1.807, 2.05) is 27.7 Å². The molecule has 1 saturated carbocycles. The van der Waals surface area contributed by atoms with Gasteiger partial charge in [0.1, 0.15) is 11.9 Å². The molecule has 0 bridgehead atoms. The summed E-state index contributed by atoms with van der Waals surface area (Å²) >= 11 is 0. The molecule has 1 unspecified atom stereocenters. The third-order valence-corrected chi connectivity index (χ3v) is 5.99. The molecule has 2 atom stereocenters. The van der Waals surface area contributed by atoms with Crippen LogP contribution in [0.5, 0.6) is 0 Å². The summed E-state index contributed by atoms with van der Waals surface area (Å²) in [5.41, 5.74) is 0.00672. The van der Waals surface area contributed by atoms with E-state index in [0.717, 1.165) is 58.0 Å². The Morgan fingerprint density at radius 2 is 1.87 bits per heavy atom. The molecule has 1 spiro atoms. The van der Waals surface area contributed by atoms with Crippen molar-refractivity contribution in [2.75, 3.05) is 26.7 Å². The lowest BCUT2D eigenvalue weighted by Gasteiger charge is -2.21. The molecule has 10 nitrogen and oxygen atoms in total. The van der Waals surface area contributed by atoms with Crippen LogP contribution in [0.3, 0.4) is 0 Å². The van der Waals surface area contributed by atoms with Gasteiger partial charge < -0.3 is 25.5 Å². The highest BCUT2D eigenvalue weighted by molar-refractivity contribution is 5.82. The van der Waals surface area contributed by atoms with Gasteiger partial charge >= 0.3 is 6.09 Å². The minimum Gasteiger partial charge on any atom is -0.444 e. The van der Waals surface area contributed by atoms with Crippen molar-refractivity contribution in [2.24, 2.45) is 5.41 Å². The molecule has 0 aromatic carbocycles. The van der Waals surface area contributed by atoms with Gasteiger partial charge in [0.15, 0.2) is 0 Å². The van der Waals surface area contributed by atoms with Crippen molar-refractivity contribution in [1.82, 2.24) is 20.9 Å². The Morgan fingerprint density at radius 3 is 2.21 bits per heavy atom. The van der Waals surface area contributed by atoms with Gasteiger partial charge in [0, 0.05) is 32.6 Å². The molecule has 3 amide bonds. The highest BCUT2D eigenvalue weighted by Gasteiger charge is 2.52. The minimum atomic E-state index is -0.532. The Kier molecular flexibility index (Phi) is 20.0. The maximum absolute atomic E-state index is 11.6. The first kappa shape index (κ1) is 37.5. The fourth-order valence-electron chi connectivity index (χ4n) is 4.02. The molecule has 3 N–H and O–H groups in total. The van der Waals surface area contributed by atoms with Crippen LogP contribution in [0, 0.1) is 17.2 Å². The number of ether oxygens (including phenoxy) is 1. The summed E-state index contributed by atoms with van der Waals surface area (Å²) in [6.07, 6.45) is 8.29. The van der Waals surface area contributed by atoms with Gasteiger partial charge in [-0.2, -0.15) is 0 Å². The Bertz CT molecular complexity index is 708. The molecule has 2 aliphatic heterocycles. The first-order valence-electron chi connectivity index (χ1n) is 13.9. The number of amides is 3. The number of likely N-dealkylation sites (N-methyl/N-ethyl adjacent to an activating group) is 2. The first-order valence-corrected chi connectivity index (χ1v) is 13.9. The SMILES string of the molecule is C#N.CC.CCCC[C@@H](C=O)NC(=O)OC(C)(C)C.CCNC(=O)C1CC2(CC2)CN1C.O=C1CCCN1. The Hall–Kier alpha value is -2.67. The molecule has 10 heteroatoms. The van der Waals surface area contributed by atoms with E-state index in [2.05, 4.69) is 34.5 Å². The van der Waals surface area contributed by atoms with E-state index in [1.54, 1.807) is 20.8 Å². The standard InChI is InChI=1S/C11H21NO3.C10H18N2O.C4H7NO.C2H6.CHN/c1-5-6-7-9(8-13)12-10(14)15-11(2,3)4;1-3-11-9(13)8-6-10(4-5-10)7-12(8)2;6-4-2-1-3-5-4;2*1-2/h8-9H,5-7H2,1-4H3,(H,12,14);8H,3-7H2,1-2H3,(H,11,13);1-3H2,(H,5,6);1-2H3;1H/t9-;;;;/m0..../s1. The quantitative estimate of drug-likeness (QED) is 0.416. The van der Waals surface area contributed by atoms with Crippen LogP contribution in [-0.2, 0) is 19.1 Å². The second-order valence-electron chi connectivity index (χ2n) is 10.5. The van der Waals surface area contributed by atoms with Crippen LogP contribution in [0.25, 0.3) is 0 Å². The smallest absolute Gasteiger partial charge is 0.408 e. The Morgan fingerprint density at radius 1 is 1.26 bits per heavy atom. The van der Waals surface area contributed by atoms with Gasteiger partial charge in [0.2, 0.25) is 11.8 Å². The number of carbonyl (C=O) groups excluding carboxylic acids is 4. The van der Waals surface area contributed by atoms with Gasteiger partial charge in [0.05, 0.1) is 12.1 Å². The van der Waals surface area contributed by atoms with Crippen LogP contribution >= 0.6 is 0 Å². The van der Waals surface area contributed by atoms with Gasteiger partial charge in [-0.25, -0.2) is 10.1 Å². The zero-order valence-electron chi connectivity index (χ0n) is 25.0. The molecular weight excluding hydrogens is 486 g/mol. The number of nitrogens with zero attached hydrogens (tertiary/aromatic N) is 2. The van der Waals surface area contributed by atoms with E-state index in [0.29, 0.717) is 11.8 Å². The van der Waals surface area contributed by atoms with Gasteiger partial charge in [-0.05, 0) is 72.3 Å². The van der Waals surface area contributed by atoms with E-state index < -0.39 is 17.7 Å². The maximum atomic E-state index is 11.6. The van der Waals surface area contributed by atoms with Crippen LogP contribution in [0.2, 0.25) is 0 Å². The Labute approximate surface area is 230 Å². The van der Waals surface area contributed by atoms with E-state index in [4.69, 9.17) is 10.00 Å². The van der Waals surface area contributed by atoms with Crippen molar-refractivity contribution in [3.05, 3.63) is 0 Å². The third-order valence-electron chi connectivity index (χ3n) is 5.99. The molecule has 220 valence electrons. The van der Waals surface area contributed by atoms with E-state index in [-0.39, 0.29) is 17.9 Å². The lowest BCUT2D eigenvalue weighted by atomic mass is 10.0. The second-order valence-corrected chi connectivity index (χ2v) is 10.5. The number of carbonyl (C=O) groups is 4. The van der Waals surface area contributed by atoms with Gasteiger partial charge in [-0.1, -0.05) is 33.6 Å². The fourth-order valence-corrected chi connectivity index (χ4v) is 4.02. The molecule has 38 heavy (non-hydrogen) atoms. The zero-order chi connectivity index (χ0) is 29.8. The number of likely N-dealkylation sites (tertiary alicyclic amines) is 1. The summed E-state index contributed by atoms with van der Waals surface area (Å²) in [6.45, 7) is 19.6. The monoisotopic (exact) mass is 539 g/mol. The highest BCUT2D eigenvalue weighted by Crippen LogP contribution is 2.54. The summed E-state index contributed by atoms with van der Waals surface area (Å²) in [6, 6.07) is -0.290. The largest absolute Gasteiger partial charge is 0.444 e. The molecule has 2 heterocycles. The summed E-state index contributed by atoms with van der Waals surface area (Å²) in [5, 5.41) is 14.6. The summed E-state index contributed by atoms with van der Waals surface area (Å²) in [7, 11) is 2.06. The number of aldehydes is 1. The number of hydrogen-bond acceptors (Lipinski definition) is 7. The number of rotatable bonds is 7. The molecule has 0 radical (unpaired) electrons. The van der Waals surface area contributed by atoms with Crippen molar-refractivity contribution >= 4 is 24.2 Å². The van der Waals surface area contributed by atoms with Crippen molar-refractivity contribution in [3.63, 3.8) is 0 Å². The van der Waals surface area contributed by atoms with Gasteiger partial charge in [-0.3, -0.25) is 14.5 Å². The number of nitrogens with one attached hydrogen (secondary N) is 3. The fraction of sp³-hybridized carbons (Fsp3) is 0.821. The van der Waals surface area contributed by atoms with Crippen LogP contribution in [-0.4, -0.2) is 73.5 Å². The average molecular weight is 540 g/mol. The first-order chi connectivity index (χ1) is 17.9. The number of hydrogen-bond donors (Lipinski definition) is 3. The summed E-state index contributed by atoms with van der Waals surface area (Å²) in [5.74, 6) is 0.420. The van der Waals surface area contributed by atoms with Crippen LogP contribution < -0.4 is 16.0 Å². The van der Waals surface area contributed by atoms with Gasteiger partial charge in [0.25, 0.3) is 0 Å². The van der Waals surface area contributed by atoms with Gasteiger partial charge in [-0.15, -0.1) is 0 Å². The highest BCUT2D eigenvalue weighted by atomic mass is 16.6. The maximum Gasteiger partial charge on any atom is 0.408 e. The Balaban J connectivity index is 0.